The van der Waals surface area contributed by atoms with E-state index in [4.69, 9.17) is 5.73 Å². The maximum absolute atomic E-state index is 12.4. The number of hydrogen-bond donors (Lipinski definition) is 1. The minimum atomic E-state index is -0.462. The van der Waals surface area contributed by atoms with Crippen LogP contribution in [0.1, 0.15) is 0 Å². The molecule has 0 unspecified atom stereocenters. The molecule has 0 aromatic rings. The van der Waals surface area contributed by atoms with Gasteiger partial charge >= 0.3 is 0 Å². The molecule has 0 saturated carbocycles. The Labute approximate surface area is 65.9 Å². The lowest BCUT2D eigenvalue weighted by Crippen LogP contribution is -2.21. The number of aliphatic imine (C=N–C) groups is 1. The van der Waals surface area contributed by atoms with Gasteiger partial charge in [0.15, 0.2) is 11.7 Å². The van der Waals surface area contributed by atoms with Crippen molar-refractivity contribution < 1.29 is 4.39 Å². The van der Waals surface area contributed by atoms with Crippen LogP contribution in [0.25, 0.3) is 0 Å². The van der Waals surface area contributed by atoms with Crippen molar-refractivity contribution in [1.82, 2.24) is 3.11 Å². The van der Waals surface area contributed by atoms with Gasteiger partial charge in [0.2, 0.25) is 0 Å². The molecule has 3 nitrogen and oxygen atoms in total. The molecule has 0 aromatic heterocycles. The summed E-state index contributed by atoms with van der Waals surface area (Å²) in [5, 5.41) is 0. The van der Waals surface area contributed by atoms with E-state index in [2.05, 4.69) is 4.99 Å². The van der Waals surface area contributed by atoms with Crippen molar-refractivity contribution in [3.63, 3.8) is 0 Å². The van der Waals surface area contributed by atoms with Gasteiger partial charge in [-0.05, 0) is 0 Å². The molecule has 0 saturated heterocycles. The minimum absolute atomic E-state index is 0.0112. The van der Waals surface area contributed by atoms with E-state index in [0.717, 1.165) is 0 Å². The predicted molar refractivity (Wildman–Crippen MR) is 41.5 cm³/mol. The average Bonchev–Trinajstić information content (AvgIpc) is 1.80. The van der Waals surface area contributed by atoms with Crippen molar-refractivity contribution in [3.05, 3.63) is 12.0 Å². The SMILES string of the molecule is NC1=NCN(I)C=C1F. The van der Waals surface area contributed by atoms with Crippen molar-refractivity contribution >= 4 is 28.7 Å². The number of nitrogens with zero attached hydrogens (tertiary/aromatic N) is 2. The molecule has 1 heterocycles. The molecule has 0 amide bonds. The van der Waals surface area contributed by atoms with Gasteiger partial charge < -0.3 is 5.73 Å². The van der Waals surface area contributed by atoms with Crippen LogP contribution < -0.4 is 5.73 Å². The van der Waals surface area contributed by atoms with Crippen molar-refractivity contribution in [3.8, 4) is 0 Å². The molecule has 0 radical (unpaired) electrons. The third-order valence-electron chi connectivity index (χ3n) is 0.874. The van der Waals surface area contributed by atoms with E-state index in [1.807, 2.05) is 22.9 Å². The predicted octanol–water partition coefficient (Wildman–Crippen LogP) is 0.778. The minimum Gasteiger partial charge on any atom is -0.381 e. The van der Waals surface area contributed by atoms with E-state index >= 15 is 0 Å². The second kappa shape index (κ2) is 2.51. The molecular formula is C4H5FIN3. The molecule has 1 rings (SSSR count). The Morgan fingerprint density at radius 2 is 2.56 bits per heavy atom. The third kappa shape index (κ3) is 1.54. The summed E-state index contributed by atoms with van der Waals surface area (Å²) in [4.78, 5) is 3.66. The summed E-state index contributed by atoms with van der Waals surface area (Å²) in [5.41, 5.74) is 5.12. The molecule has 0 aromatic carbocycles. The van der Waals surface area contributed by atoms with Crippen LogP contribution in [-0.4, -0.2) is 15.6 Å². The smallest absolute Gasteiger partial charge is 0.181 e. The van der Waals surface area contributed by atoms with Crippen LogP contribution >= 0.6 is 22.9 Å². The molecule has 1 aliphatic heterocycles. The van der Waals surface area contributed by atoms with E-state index in [9.17, 15) is 4.39 Å². The summed E-state index contributed by atoms with van der Waals surface area (Å²) in [6, 6.07) is 0. The van der Waals surface area contributed by atoms with Crippen molar-refractivity contribution in [2.24, 2.45) is 10.7 Å². The summed E-state index contributed by atoms with van der Waals surface area (Å²) in [5.74, 6) is -0.474. The largest absolute Gasteiger partial charge is 0.381 e. The molecule has 2 N–H and O–H groups in total. The Morgan fingerprint density at radius 1 is 1.89 bits per heavy atom. The monoisotopic (exact) mass is 241 g/mol. The normalized spacial score (nSPS) is 19.1. The highest BCUT2D eigenvalue weighted by Gasteiger charge is 2.08. The molecule has 50 valence electrons. The lowest BCUT2D eigenvalue weighted by Gasteiger charge is -2.12. The number of halogens is 2. The highest BCUT2D eigenvalue weighted by Crippen LogP contribution is 2.10. The Morgan fingerprint density at radius 3 is 3.00 bits per heavy atom. The third-order valence-corrected chi connectivity index (χ3v) is 1.46. The van der Waals surface area contributed by atoms with Gasteiger partial charge in [-0.25, -0.2) is 9.38 Å². The number of nitrogens with two attached hydrogens (primary N) is 1. The molecule has 0 aliphatic carbocycles. The first kappa shape index (κ1) is 6.79. The Bertz CT molecular complexity index is 177. The highest BCUT2D eigenvalue weighted by atomic mass is 127. The van der Waals surface area contributed by atoms with Gasteiger partial charge in [-0.3, -0.25) is 3.11 Å². The van der Waals surface area contributed by atoms with Gasteiger partial charge in [0.1, 0.15) is 6.67 Å². The summed E-state index contributed by atoms with van der Waals surface area (Å²) in [7, 11) is 0. The summed E-state index contributed by atoms with van der Waals surface area (Å²) in [6.07, 6.45) is 1.31. The van der Waals surface area contributed by atoms with Gasteiger partial charge in [0, 0.05) is 0 Å². The number of hydrogen-bond acceptors (Lipinski definition) is 3. The fraction of sp³-hybridized carbons (Fsp3) is 0.250. The molecule has 0 fully saturated rings. The van der Waals surface area contributed by atoms with Gasteiger partial charge in [-0.2, -0.15) is 0 Å². The molecular weight excluding hydrogens is 236 g/mol. The molecule has 1 aliphatic rings. The van der Waals surface area contributed by atoms with Crippen molar-refractivity contribution in [2.45, 2.75) is 0 Å². The summed E-state index contributed by atoms with van der Waals surface area (Å²) < 4.78 is 14.0. The molecule has 0 atom stereocenters. The van der Waals surface area contributed by atoms with Gasteiger partial charge in [-0.1, -0.05) is 0 Å². The Balaban J connectivity index is 2.75. The molecule has 0 spiro atoms. The molecule has 0 bridgehead atoms. The fourth-order valence-corrected chi connectivity index (χ4v) is 0.846. The first-order valence-corrected chi connectivity index (χ1v) is 3.26. The number of amidine groups is 1. The van der Waals surface area contributed by atoms with Crippen LogP contribution in [0.5, 0.6) is 0 Å². The topological polar surface area (TPSA) is 41.6 Å². The highest BCUT2D eigenvalue weighted by molar-refractivity contribution is 14.1. The van der Waals surface area contributed by atoms with Crippen LogP contribution in [0, 0.1) is 0 Å². The summed E-state index contributed by atoms with van der Waals surface area (Å²) >= 11 is 1.94. The first-order chi connectivity index (χ1) is 4.20. The Hall–Kier alpha value is -0.330. The van der Waals surface area contributed by atoms with Crippen molar-refractivity contribution in [1.29, 1.82) is 0 Å². The average molecular weight is 241 g/mol. The second-order valence-electron chi connectivity index (χ2n) is 1.56. The van der Waals surface area contributed by atoms with Crippen LogP contribution in [0.2, 0.25) is 0 Å². The maximum atomic E-state index is 12.4. The Kier molecular flexibility index (Phi) is 1.89. The van der Waals surface area contributed by atoms with E-state index in [1.165, 1.54) is 6.20 Å². The lowest BCUT2D eigenvalue weighted by atomic mass is 10.5. The van der Waals surface area contributed by atoms with Crippen LogP contribution in [-0.2, 0) is 0 Å². The zero-order chi connectivity index (χ0) is 6.85. The van der Waals surface area contributed by atoms with Crippen LogP contribution in [0.15, 0.2) is 17.0 Å². The molecule has 9 heavy (non-hydrogen) atoms. The first-order valence-electron chi connectivity index (χ1n) is 2.30. The lowest BCUT2D eigenvalue weighted by molar-refractivity contribution is 0.595. The molecule has 5 heteroatoms. The van der Waals surface area contributed by atoms with Crippen LogP contribution in [0.3, 0.4) is 0 Å². The quantitative estimate of drug-likeness (QED) is 0.503. The van der Waals surface area contributed by atoms with Crippen LogP contribution in [0.4, 0.5) is 4.39 Å². The second-order valence-corrected chi connectivity index (χ2v) is 2.80. The standard InChI is InChI=1S/C4H5FIN3/c5-3-1-9(6)2-8-4(3)7/h1H,2H2,(H2,7,8). The maximum Gasteiger partial charge on any atom is 0.181 e. The van der Waals surface area contributed by atoms with E-state index in [1.54, 1.807) is 3.11 Å². The number of rotatable bonds is 0. The van der Waals surface area contributed by atoms with Gasteiger partial charge in [-0.15, -0.1) is 0 Å². The zero-order valence-electron chi connectivity index (χ0n) is 4.51. The van der Waals surface area contributed by atoms with E-state index in [0.29, 0.717) is 6.67 Å². The van der Waals surface area contributed by atoms with E-state index in [-0.39, 0.29) is 5.84 Å². The van der Waals surface area contributed by atoms with E-state index < -0.39 is 5.83 Å². The zero-order valence-corrected chi connectivity index (χ0v) is 6.67. The van der Waals surface area contributed by atoms with Gasteiger partial charge in [0.05, 0.1) is 29.1 Å². The van der Waals surface area contributed by atoms with Crippen molar-refractivity contribution in [2.75, 3.05) is 6.67 Å². The van der Waals surface area contributed by atoms with Gasteiger partial charge in [0.25, 0.3) is 0 Å². The summed E-state index contributed by atoms with van der Waals surface area (Å²) in [6.45, 7) is 0.430. The fourth-order valence-electron chi connectivity index (χ4n) is 0.449.